The van der Waals surface area contributed by atoms with Gasteiger partial charge in [0.15, 0.2) is 0 Å². The predicted molar refractivity (Wildman–Crippen MR) is 96.6 cm³/mol. The van der Waals surface area contributed by atoms with Gasteiger partial charge in [0.1, 0.15) is 17.7 Å². The van der Waals surface area contributed by atoms with Crippen molar-refractivity contribution in [3.05, 3.63) is 48.3 Å². The summed E-state index contributed by atoms with van der Waals surface area (Å²) in [4.78, 5) is 29.9. The normalized spacial score (nSPS) is 15.2. The Labute approximate surface area is 155 Å². The van der Waals surface area contributed by atoms with Gasteiger partial charge < -0.3 is 14.6 Å². The van der Waals surface area contributed by atoms with Crippen molar-refractivity contribution >= 4 is 16.9 Å². The molecule has 2 aromatic heterocycles. The number of carbonyl (C=O) groups is 1. The number of imidazole rings is 1. The molecule has 0 saturated carbocycles. The molecule has 1 saturated heterocycles. The number of halogens is 1. The molecule has 27 heavy (non-hydrogen) atoms. The Kier molecular flexibility index (Phi) is 4.95. The zero-order valence-electron chi connectivity index (χ0n) is 14.8. The number of likely N-dealkylation sites (tertiary alicyclic amines) is 1. The fourth-order valence-corrected chi connectivity index (χ4v) is 3.25. The van der Waals surface area contributed by atoms with Crippen LogP contribution in [0.1, 0.15) is 25.1 Å². The van der Waals surface area contributed by atoms with Gasteiger partial charge in [-0.15, -0.1) is 0 Å². The molecule has 0 atom stereocenters. The largest absolute Gasteiger partial charge is 0.460 e. The van der Waals surface area contributed by atoms with Gasteiger partial charge in [-0.2, -0.15) is 0 Å². The summed E-state index contributed by atoms with van der Waals surface area (Å²) in [5.41, 5.74) is 1.36. The van der Waals surface area contributed by atoms with E-state index in [1.54, 1.807) is 24.5 Å². The molecule has 0 aliphatic carbocycles. The van der Waals surface area contributed by atoms with Gasteiger partial charge in [0.25, 0.3) is 0 Å². The molecule has 0 unspecified atom stereocenters. The van der Waals surface area contributed by atoms with E-state index in [0.717, 1.165) is 12.8 Å². The van der Waals surface area contributed by atoms with Crippen molar-refractivity contribution in [2.45, 2.75) is 31.8 Å². The molecule has 4 rings (SSSR count). The molecule has 1 fully saturated rings. The molecule has 1 amide bonds. The molecule has 1 aliphatic rings. The van der Waals surface area contributed by atoms with Crippen molar-refractivity contribution in [2.75, 3.05) is 13.1 Å². The molecule has 8 heteroatoms. The van der Waals surface area contributed by atoms with E-state index in [2.05, 4.69) is 19.9 Å². The van der Waals surface area contributed by atoms with Crippen LogP contribution in [0.2, 0.25) is 0 Å². The predicted octanol–water partition coefficient (Wildman–Crippen LogP) is 2.49. The van der Waals surface area contributed by atoms with E-state index in [1.807, 2.05) is 4.90 Å². The second-order valence-electron chi connectivity index (χ2n) is 6.57. The zero-order chi connectivity index (χ0) is 18.6. The molecule has 140 valence electrons. The highest BCUT2D eigenvalue weighted by atomic mass is 19.1. The maximum atomic E-state index is 13.2. The monoisotopic (exact) mass is 369 g/mol. The minimum absolute atomic E-state index is 0.0294. The molecule has 0 bridgehead atoms. The highest BCUT2D eigenvalue weighted by Crippen LogP contribution is 2.17. The first kappa shape index (κ1) is 17.4. The zero-order valence-corrected chi connectivity index (χ0v) is 14.8. The first-order valence-electron chi connectivity index (χ1n) is 9.03. The van der Waals surface area contributed by atoms with Crippen molar-refractivity contribution in [1.82, 2.24) is 24.8 Å². The summed E-state index contributed by atoms with van der Waals surface area (Å²) in [5.74, 6) is 0.485. The van der Waals surface area contributed by atoms with E-state index < -0.39 is 0 Å². The van der Waals surface area contributed by atoms with Gasteiger partial charge >= 0.3 is 6.01 Å². The Hall–Kier alpha value is -3.03. The number of hydrogen-bond donors (Lipinski definition) is 1. The van der Waals surface area contributed by atoms with Crippen LogP contribution in [0.3, 0.4) is 0 Å². The minimum atomic E-state index is -0.306. The van der Waals surface area contributed by atoms with E-state index in [9.17, 15) is 9.18 Å². The number of H-pyrrole nitrogens is 1. The number of rotatable bonds is 5. The second-order valence-corrected chi connectivity index (χ2v) is 6.57. The molecule has 3 aromatic rings. The number of aromatic amines is 1. The van der Waals surface area contributed by atoms with Crippen LogP contribution in [0, 0.1) is 5.82 Å². The van der Waals surface area contributed by atoms with Crippen molar-refractivity contribution in [2.24, 2.45) is 0 Å². The third-order valence-corrected chi connectivity index (χ3v) is 4.68. The lowest BCUT2D eigenvalue weighted by atomic mass is 10.1. The smallest absolute Gasteiger partial charge is 0.316 e. The fourth-order valence-electron chi connectivity index (χ4n) is 3.25. The summed E-state index contributed by atoms with van der Waals surface area (Å²) in [6.07, 6.45) is 5.71. The lowest BCUT2D eigenvalue weighted by Crippen LogP contribution is -2.42. The summed E-state index contributed by atoms with van der Waals surface area (Å²) in [7, 11) is 0. The number of aromatic nitrogens is 4. The van der Waals surface area contributed by atoms with Crippen LogP contribution in [0.4, 0.5) is 4.39 Å². The maximum Gasteiger partial charge on any atom is 0.316 e. The number of amides is 1. The van der Waals surface area contributed by atoms with Gasteiger partial charge in [-0.3, -0.25) is 4.79 Å². The number of fused-ring (bicyclic) bond motifs is 1. The van der Waals surface area contributed by atoms with E-state index in [1.165, 1.54) is 12.1 Å². The Morgan fingerprint density at radius 2 is 2.04 bits per heavy atom. The molecule has 1 N–H and O–H groups in total. The van der Waals surface area contributed by atoms with E-state index >= 15 is 0 Å². The minimum Gasteiger partial charge on any atom is -0.460 e. The van der Waals surface area contributed by atoms with E-state index in [4.69, 9.17) is 4.74 Å². The average molecular weight is 369 g/mol. The van der Waals surface area contributed by atoms with Gasteiger partial charge in [0.05, 0.1) is 11.0 Å². The molecule has 0 radical (unpaired) electrons. The first-order chi connectivity index (χ1) is 13.2. The second kappa shape index (κ2) is 7.69. The topological polar surface area (TPSA) is 84.0 Å². The Bertz CT molecular complexity index is 922. The Balaban J connectivity index is 1.26. The molecule has 0 spiro atoms. The SMILES string of the molecule is O=C(CCc1nc2ccc(F)cc2[nH]1)N1CCC(Oc2ncccn2)CC1. The Morgan fingerprint density at radius 3 is 2.81 bits per heavy atom. The van der Waals surface area contributed by atoms with Crippen LogP contribution in [-0.2, 0) is 11.2 Å². The summed E-state index contributed by atoms with van der Waals surface area (Å²) < 4.78 is 19.0. The van der Waals surface area contributed by atoms with Crippen LogP contribution in [0.15, 0.2) is 36.7 Å². The van der Waals surface area contributed by atoms with Crippen LogP contribution >= 0.6 is 0 Å². The van der Waals surface area contributed by atoms with Crippen LogP contribution < -0.4 is 4.74 Å². The molecule has 3 heterocycles. The van der Waals surface area contributed by atoms with Crippen molar-refractivity contribution in [1.29, 1.82) is 0 Å². The summed E-state index contributed by atoms with van der Waals surface area (Å²) >= 11 is 0. The maximum absolute atomic E-state index is 13.2. The van der Waals surface area contributed by atoms with Crippen LogP contribution in [0.25, 0.3) is 11.0 Å². The summed E-state index contributed by atoms with van der Waals surface area (Å²) in [6.45, 7) is 1.31. The van der Waals surface area contributed by atoms with Gasteiger partial charge in [0.2, 0.25) is 5.91 Å². The summed E-state index contributed by atoms with van der Waals surface area (Å²) in [6, 6.07) is 6.55. The average Bonchev–Trinajstić information content (AvgIpc) is 3.09. The number of aryl methyl sites for hydroxylation is 1. The number of piperidine rings is 1. The third kappa shape index (κ3) is 4.21. The number of nitrogens with zero attached hydrogens (tertiary/aromatic N) is 4. The van der Waals surface area contributed by atoms with E-state index in [0.29, 0.717) is 48.8 Å². The number of nitrogens with one attached hydrogen (secondary N) is 1. The lowest BCUT2D eigenvalue weighted by molar-refractivity contribution is -0.133. The standard InChI is InChI=1S/C19H20FN5O2/c20-13-2-3-15-16(12-13)24-17(23-15)4-5-18(26)25-10-6-14(7-11-25)27-19-21-8-1-9-22-19/h1-3,8-9,12,14H,4-7,10-11H2,(H,23,24). The van der Waals surface area contributed by atoms with Crippen molar-refractivity contribution < 1.29 is 13.9 Å². The highest BCUT2D eigenvalue weighted by molar-refractivity contribution is 5.77. The van der Waals surface area contributed by atoms with Gasteiger partial charge in [-0.05, 0) is 24.3 Å². The fraction of sp³-hybridized carbons (Fsp3) is 0.368. The number of ether oxygens (including phenoxy) is 1. The number of hydrogen-bond acceptors (Lipinski definition) is 5. The first-order valence-corrected chi connectivity index (χ1v) is 9.03. The number of benzene rings is 1. The molecule has 1 aliphatic heterocycles. The van der Waals surface area contributed by atoms with Crippen molar-refractivity contribution in [3.8, 4) is 6.01 Å². The van der Waals surface area contributed by atoms with Crippen LogP contribution in [-0.4, -0.2) is 49.9 Å². The molecule has 7 nitrogen and oxygen atoms in total. The summed E-state index contributed by atoms with van der Waals surface area (Å²) in [5, 5.41) is 0. The molecule has 1 aromatic carbocycles. The van der Waals surface area contributed by atoms with Gasteiger partial charge in [-0.25, -0.2) is 19.3 Å². The van der Waals surface area contributed by atoms with Gasteiger partial charge in [0, 0.05) is 51.2 Å². The molecular weight excluding hydrogens is 349 g/mol. The third-order valence-electron chi connectivity index (χ3n) is 4.68. The molecular formula is C19H20FN5O2. The van der Waals surface area contributed by atoms with E-state index in [-0.39, 0.29) is 17.8 Å². The van der Waals surface area contributed by atoms with Gasteiger partial charge in [-0.1, -0.05) is 0 Å². The number of carbonyl (C=O) groups excluding carboxylic acids is 1. The highest BCUT2D eigenvalue weighted by Gasteiger charge is 2.24. The quantitative estimate of drug-likeness (QED) is 0.747. The van der Waals surface area contributed by atoms with Crippen molar-refractivity contribution in [3.63, 3.8) is 0 Å². The van der Waals surface area contributed by atoms with Crippen LogP contribution in [0.5, 0.6) is 6.01 Å². The Morgan fingerprint density at radius 1 is 1.26 bits per heavy atom. The lowest BCUT2D eigenvalue weighted by Gasteiger charge is -2.31.